The van der Waals surface area contributed by atoms with Crippen LogP contribution in [0.4, 0.5) is 0 Å². The Bertz CT molecular complexity index is 576. The molecule has 6 nitrogen and oxygen atoms in total. The summed E-state index contributed by atoms with van der Waals surface area (Å²) in [5.74, 6) is 0.912. The fourth-order valence-electron chi connectivity index (χ4n) is 4.71. The lowest BCUT2D eigenvalue weighted by Crippen LogP contribution is -2.39. The summed E-state index contributed by atoms with van der Waals surface area (Å²) in [5.41, 5.74) is 0.756. The second kappa shape index (κ2) is 7.87. The number of hydrogen-bond donors (Lipinski definition) is 0. The number of carbonyl (C=O) groups excluding carboxylic acids is 1. The van der Waals surface area contributed by atoms with Gasteiger partial charge in [0, 0.05) is 38.4 Å². The van der Waals surface area contributed by atoms with Gasteiger partial charge in [-0.2, -0.15) is 5.10 Å². The van der Waals surface area contributed by atoms with Gasteiger partial charge in [0.15, 0.2) is 0 Å². The Morgan fingerprint density at radius 2 is 1.88 bits per heavy atom. The van der Waals surface area contributed by atoms with Crippen molar-refractivity contribution in [2.45, 2.75) is 51.1 Å². The van der Waals surface area contributed by atoms with E-state index in [2.05, 4.69) is 14.9 Å². The Kier molecular flexibility index (Phi) is 5.36. The standard InChI is InChI=1S/C19H30N4O2/c24-19(23-7-3-6-18(23)16-4-1-2-5-16)17-14-20-22(15-17)9-8-21-10-12-25-13-11-21/h14-16,18H,1-13H2/t18-/m0/s1. The third-order valence-corrected chi connectivity index (χ3v) is 6.13. The summed E-state index contributed by atoms with van der Waals surface area (Å²) in [6, 6.07) is 0.465. The average Bonchev–Trinajstić information content (AvgIpc) is 3.41. The Morgan fingerprint density at radius 3 is 2.68 bits per heavy atom. The number of nitrogens with zero attached hydrogens (tertiary/aromatic N) is 4. The highest BCUT2D eigenvalue weighted by Gasteiger charge is 2.36. The van der Waals surface area contributed by atoms with Gasteiger partial charge in [-0.05, 0) is 31.6 Å². The van der Waals surface area contributed by atoms with Gasteiger partial charge in [-0.3, -0.25) is 14.4 Å². The molecular formula is C19H30N4O2. The summed E-state index contributed by atoms with van der Waals surface area (Å²) >= 11 is 0. The van der Waals surface area contributed by atoms with Crippen molar-refractivity contribution in [1.82, 2.24) is 19.6 Å². The molecular weight excluding hydrogens is 316 g/mol. The van der Waals surface area contributed by atoms with Crippen molar-refractivity contribution in [2.75, 3.05) is 39.4 Å². The Hall–Kier alpha value is -1.40. The van der Waals surface area contributed by atoms with Crippen LogP contribution in [0.1, 0.15) is 48.9 Å². The Balaban J connectivity index is 1.34. The molecule has 1 aromatic rings. The highest BCUT2D eigenvalue weighted by molar-refractivity contribution is 5.94. The predicted molar refractivity (Wildman–Crippen MR) is 95.5 cm³/mol. The molecule has 1 aliphatic carbocycles. The minimum absolute atomic E-state index is 0.187. The normalized spacial score (nSPS) is 25.8. The molecule has 0 unspecified atom stereocenters. The number of ether oxygens (including phenoxy) is 1. The Labute approximate surface area is 150 Å². The highest BCUT2D eigenvalue weighted by Crippen LogP contribution is 2.35. The maximum atomic E-state index is 13.0. The monoisotopic (exact) mass is 346 g/mol. The number of rotatable bonds is 5. The molecule has 6 heteroatoms. The number of aromatic nitrogens is 2. The first-order valence-corrected chi connectivity index (χ1v) is 9.95. The zero-order valence-electron chi connectivity index (χ0n) is 15.1. The van der Waals surface area contributed by atoms with Crippen molar-refractivity contribution >= 4 is 5.91 Å². The summed E-state index contributed by atoms with van der Waals surface area (Å²) in [7, 11) is 0. The smallest absolute Gasteiger partial charge is 0.257 e. The molecule has 2 saturated heterocycles. The first kappa shape index (κ1) is 17.0. The third kappa shape index (κ3) is 3.90. The molecule has 0 bridgehead atoms. The van der Waals surface area contributed by atoms with Crippen molar-refractivity contribution in [2.24, 2.45) is 5.92 Å². The van der Waals surface area contributed by atoms with Gasteiger partial charge in [-0.1, -0.05) is 12.8 Å². The van der Waals surface area contributed by atoms with Gasteiger partial charge in [0.05, 0.1) is 31.5 Å². The van der Waals surface area contributed by atoms with E-state index < -0.39 is 0 Å². The molecule has 1 saturated carbocycles. The van der Waals surface area contributed by atoms with Gasteiger partial charge in [0.1, 0.15) is 0 Å². The van der Waals surface area contributed by atoms with Crippen LogP contribution in [0.2, 0.25) is 0 Å². The summed E-state index contributed by atoms with van der Waals surface area (Å²) in [6.07, 6.45) is 11.3. The molecule has 3 heterocycles. The maximum Gasteiger partial charge on any atom is 0.257 e. The zero-order chi connectivity index (χ0) is 17.1. The van der Waals surface area contributed by atoms with E-state index in [1.54, 1.807) is 6.20 Å². The van der Waals surface area contributed by atoms with Gasteiger partial charge in [0.2, 0.25) is 0 Å². The van der Waals surface area contributed by atoms with Crippen LogP contribution >= 0.6 is 0 Å². The number of amides is 1. The maximum absolute atomic E-state index is 13.0. The summed E-state index contributed by atoms with van der Waals surface area (Å²) in [6.45, 7) is 6.33. The van der Waals surface area contributed by atoms with Crippen LogP contribution < -0.4 is 0 Å². The van der Waals surface area contributed by atoms with E-state index in [9.17, 15) is 4.79 Å². The van der Waals surface area contributed by atoms with E-state index >= 15 is 0 Å². The van der Waals surface area contributed by atoms with Crippen LogP contribution in [0.25, 0.3) is 0 Å². The predicted octanol–water partition coefficient (Wildman–Crippen LogP) is 2.01. The lowest BCUT2D eigenvalue weighted by Gasteiger charge is -2.29. The number of likely N-dealkylation sites (tertiary alicyclic amines) is 1. The van der Waals surface area contributed by atoms with Crippen LogP contribution in [-0.2, 0) is 11.3 Å². The van der Waals surface area contributed by atoms with Crippen LogP contribution in [-0.4, -0.2) is 70.9 Å². The quantitative estimate of drug-likeness (QED) is 0.818. The molecule has 25 heavy (non-hydrogen) atoms. The minimum atomic E-state index is 0.187. The van der Waals surface area contributed by atoms with Crippen LogP contribution in [0.5, 0.6) is 0 Å². The van der Waals surface area contributed by atoms with E-state index in [0.717, 1.165) is 63.8 Å². The molecule has 1 amide bonds. The van der Waals surface area contributed by atoms with Crippen molar-refractivity contribution in [3.8, 4) is 0 Å². The van der Waals surface area contributed by atoms with Gasteiger partial charge in [-0.25, -0.2) is 0 Å². The molecule has 2 aliphatic heterocycles. The Morgan fingerprint density at radius 1 is 1.08 bits per heavy atom. The molecule has 3 fully saturated rings. The molecule has 0 aromatic carbocycles. The first-order valence-electron chi connectivity index (χ1n) is 9.95. The van der Waals surface area contributed by atoms with E-state index in [4.69, 9.17) is 4.74 Å². The summed E-state index contributed by atoms with van der Waals surface area (Å²) in [5, 5.41) is 4.43. The number of hydrogen-bond acceptors (Lipinski definition) is 4. The van der Waals surface area contributed by atoms with Crippen LogP contribution in [0.15, 0.2) is 12.4 Å². The van der Waals surface area contributed by atoms with Crippen molar-refractivity contribution in [3.05, 3.63) is 18.0 Å². The SMILES string of the molecule is O=C(c1cnn(CCN2CCOCC2)c1)N1CCC[C@H]1C1CCCC1. The largest absolute Gasteiger partial charge is 0.379 e. The van der Waals surface area contributed by atoms with Gasteiger partial charge in [0.25, 0.3) is 5.91 Å². The molecule has 4 rings (SSSR count). The molecule has 0 radical (unpaired) electrons. The van der Waals surface area contributed by atoms with Crippen LogP contribution in [0.3, 0.4) is 0 Å². The zero-order valence-corrected chi connectivity index (χ0v) is 15.1. The first-order chi connectivity index (χ1) is 12.3. The summed E-state index contributed by atoms with van der Waals surface area (Å²) < 4.78 is 7.30. The fourth-order valence-corrected chi connectivity index (χ4v) is 4.71. The highest BCUT2D eigenvalue weighted by atomic mass is 16.5. The van der Waals surface area contributed by atoms with E-state index in [0.29, 0.717) is 6.04 Å². The van der Waals surface area contributed by atoms with E-state index in [1.165, 1.54) is 32.1 Å². The second-order valence-corrected chi connectivity index (χ2v) is 7.70. The van der Waals surface area contributed by atoms with E-state index in [-0.39, 0.29) is 5.91 Å². The average molecular weight is 346 g/mol. The molecule has 0 spiro atoms. The van der Waals surface area contributed by atoms with Crippen molar-refractivity contribution < 1.29 is 9.53 Å². The molecule has 0 N–H and O–H groups in total. The number of morpholine rings is 1. The van der Waals surface area contributed by atoms with E-state index in [1.807, 2.05) is 10.9 Å². The molecule has 1 aromatic heterocycles. The molecule has 3 aliphatic rings. The second-order valence-electron chi connectivity index (χ2n) is 7.70. The van der Waals surface area contributed by atoms with Crippen molar-refractivity contribution in [1.29, 1.82) is 0 Å². The van der Waals surface area contributed by atoms with Gasteiger partial charge in [-0.15, -0.1) is 0 Å². The van der Waals surface area contributed by atoms with Gasteiger partial charge >= 0.3 is 0 Å². The minimum Gasteiger partial charge on any atom is -0.379 e. The lowest BCUT2D eigenvalue weighted by atomic mass is 9.96. The topological polar surface area (TPSA) is 50.6 Å². The molecule has 138 valence electrons. The fraction of sp³-hybridized carbons (Fsp3) is 0.789. The lowest BCUT2D eigenvalue weighted by molar-refractivity contribution is 0.0359. The summed E-state index contributed by atoms with van der Waals surface area (Å²) in [4.78, 5) is 17.5. The molecule has 1 atom stereocenters. The third-order valence-electron chi connectivity index (χ3n) is 6.13. The van der Waals surface area contributed by atoms with Crippen molar-refractivity contribution in [3.63, 3.8) is 0 Å². The van der Waals surface area contributed by atoms with Crippen LogP contribution in [0, 0.1) is 5.92 Å². The number of carbonyl (C=O) groups is 1. The van der Waals surface area contributed by atoms with Gasteiger partial charge < -0.3 is 9.64 Å².